The lowest BCUT2D eigenvalue weighted by molar-refractivity contribution is 0.669. The number of anilines is 3. The van der Waals surface area contributed by atoms with Gasteiger partial charge in [-0.15, -0.1) is 0 Å². The summed E-state index contributed by atoms with van der Waals surface area (Å²) in [5.41, 5.74) is 18.9. The van der Waals surface area contributed by atoms with Crippen molar-refractivity contribution < 1.29 is 8.83 Å². The number of rotatable bonds is 4. The lowest BCUT2D eigenvalue weighted by atomic mass is 9.70. The smallest absolute Gasteiger partial charge is 0.143 e. The van der Waals surface area contributed by atoms with Crippen molar-refractivity contribution >= 4 is 60.9 Å². The average molecular weight is 740 g/mol. The lowest BCUT2D eigenvalue weighted by Crippen LogP contribution is -2.26. The van der Waals surface area contributed by atoms with Crippen molar-refractivity contribution in [3.05, 3.63) is 222 Å². The van der Waals surface area contributed by atoms with Gasteiger partial charge in [0.05, 0.1) is 5.41 Å². The Kier molecular flexibility index (Phi) is 6.37. The van der Waals surface area contributed by atoms with Crippen LogP contribution in [0.5, 0.6) is 0 Å². The van der Waals surface area contributed by atoms with Crippen LogP contribution in [-0.4, -0.2) is 0 Å². The van der Waals surface area contributed by atoms with Gasteiger partial charge in [-0.3, -0.25) is 0 Å². The van der Waals surface area contributed by atoms with E-state index < -0.39 is 5.41 Å². The molecular weight excluding hydrogens is 707 g/mol. The Morgan fingerprint density at radius 1 is 0.310 bits per heavy atom. The van der Waals surface area contributed by atoms with Crippen molar-refractivity contribution in [1.29, 1.82) is 0 Å². The van der Waals surface area contributed by atoms with Gasteiger partial charge in [0.25, 0.3) is 0 Å². The van der Waals surface area contributed by atoms with Crippen LogP contribution in [0.2, 0.25) is 0 Å². The van der Waals surface area contributed by atoms with Gasteiger partial charge in [0.2, 0.25) is 0 Å². The Morgan fingerprint density at radius 3 is 1.48 bits per heavy atom. The predicted octanol–water partition coefficient (Wildman–Crippen LogP) is 15.0. The molecule has 3 nitrogen and oxygen atoms in total. The van der Waals surface area contributed by atoms with E-state index in [1.54, 1.807) is 0 Å². The van der Waals surface area contributed by atoms with E-state index in [1.807, 2.05) is 24.3 Å². The van der Waals surface area contributed by atoms with E-state index in [-0.39, 0.29) is 0 Å². The summed E-state index contributed by atoms with van der Waals surface area (Å²) in [6, 6.07) is 72.5. The summed E-state index contributed by atoms with van der Waals surface area (Å²) in [5, 5.41) is 4.49. The molecule has 13 rings (SSSR count). The van der Waals surface area contributed by atoms with Crippen molar-refractivity contribution in [3.63, 3.8) is 0 Å². The van der Waals surface area contributed by atoms with Crippen LogP contribution in [0.15, 0.2) is 209 Å². The Labute approximate surface area is 334 Å². The first-order valence-electron chi connectivity index (χ1n) is 19.9. The predicted molar refractivity (Wildman–Crippen MR) is 237 cm³/mol. The van der Waals surface area contributed by atoms with Crippen molar-refractivity contribution in [3.8, 4) is 33.4 Å². The van der Waals surface area contributed by atoms with E-state index in [9.17, 15) is 0 Å². The fourth-order valence-corrected chi connectivity index (χ4v) is 10.3. The first-order chi connectivity index (χ1) is 28.8. The molecule has 0 atom stereocenters. The average Bonchev–Trinajstić information content (AvgIpc) is 4.02. The molecule has 9 aromatic carbocycles. The molecule has 2 aliphatic carbocycles. The second-order valence-corrected chi connectivity index (χ2v) is 15.6. The van der Waals surface area contributed by atoms with Crippen molar-refractivity contribution in [2.75, 3.05) is 4.90 Å². The topological polar surface area (TPSA) is 29.5 Å². The van der Waals surface area contributed by atoms with Gasteiger partial charge in [-0.2, -0.15) is 0 Å². The molecule has 2 aromatic heterocycles. The number of para-hydroxylation sites is 3. The third kappa shape index (κ3) is 4.17. The third-order valence-corrected chi connectivity index (χ3v) is 12.7. The summed E-state index contributed by atoms with van der Waals surface area (Å²) in [5.74, 6) is 0. The molecule has 0 fully saturated rings. The minimum atomic E-state index is -0.446. The molecule has 0 bridgehead atoms. The van der Waals surface area contributed by atoms with E-state index >= 15 is 0 Å². The van der Waals surface area contributed by atoms with E-state index in [0.29, 0.717) is 0 Å². The number of nitrogens with zero attached hydrogens (tertiary/aromatic N) is 1. The Balaban J connectivity index is 1.03. The molecular formula is C55H33NO2. The van der Waals surface area contributed by atoms with Crippen LogP contribution < -0.4 is 4.90 Å². The zero-order valence-electron chi connectivity index (χ0n) is 31.3. The fraction of sp³-hybridized carbons (Fsp3) is 0.0182. The van der Waals surface area contributed by atoms with Gasteiger partial charge in [0.1, 0.15) is 22.3 Å². The number of furan rings is 2. The van der Waals surface area contributed by atoms with Gasteiger partial charge < -0.3 is 13.7 Å². The lowest BCUT2D eigenvalue weighted by Gasteiger charge is -2.32. The molecule has 0 unspecified atom stereocenters. The van der Waals surface area contributed by atoms with Crippen LogP contribution in [-0.2, 0) is 5.41 Å². The van der Waals surface area contributed by atoms with Crippen molar-refractivity contribution in [2.24, 2.45) is 0 Å². The molecule has 0 amide bonds. The van der Waals surface area contributed by atoms with E-state index in [1.165, 1.54) is 44.5 Å². The number of benzene rings is 9. The monoisotopic (exact) mass is 739 g/mol. The molecule has 58 heavy (non-hydrogen) atoms. The van der Waals surface area contributed by atoms with Gasteiger partial charge >= 0.3 is 0 Å². The zero-order valence-corrected chi connectivity index (χ0v) is 31.3. The summed E-state index contributed by atoms with van der Waals surface area (Å²) in [7, 11) is 0. The molecule has 270 valence electrons. The molecule has 3 heteroatoms. The highest BCUT2D eigenvalue weighted by Gasteiger charge is 2.51. The summed E-state index contributed by atoms with van der Waals surface area (Å²) in [6.07, 6.45) is 0. The van der Waals surface area contributed by atoms with E-state index in [2.05, 4.69) is 181 Å². The van der Waals surface area contributed by atoms with Gasteiger partial charge in [-0.1, -0.05) is 146 Å². The quantitative estimate of drug-likeness (QED) is 0.180. The Hall–Kier alpha value is -7.62. The maximum Gasteiger partial charge on any atom is 0.143 e. The molecule has 2 aliphatic rings. The van der Waals surface area contributed by atoms with Crippen LogP contribution in [0.3, 0.4) is 0 Å². The number of hydrogen-bond acceptors (Lipinski definition) is 3. The number of fused-ring (bicyclic) bond motifs is 16. The van der Waals surface area contributed by atoms with Crippen molar-refractivity contribution in [2.45, 2.75) is 5.41 Å². The van der Waals surface area contributed by atoms with Gasteiger partial charge in [0, 0.05) is 50.2 Å². The standard InChI is InChI=1S/C55H33NO2/c1-6-19-47-39(12-1)40-13-2-7-20-48(40)55(47)49-21-8-3-14-41(49)42-30-28-36(32-50(42)55)56(37-29-31-45-43-15-4-9-22-51(43)57-53(45)33-37)35-26-24-34(25-27-35)38-17-11-18-46-44-16-5-10-23-52(44)58-54(38)46/h1-33H. The largest absolute Gasteiger partial charge is 0.456 e. The van der Waals surface area contributed by atoms with Gasteiger partial charge in [-0.05, 0) is 98.6 Å². The molecule has 0 saturated heterocycles. The molecule has 0 radical (unpaired) electrons. The third-order valence-electron chi connectivity index (χ3n) is 12.7. The van der Waals surface area contributed by atoms with Crippen molar-refractivity contribution in [1.82, 2.24) is 0 Å². The number of hydrogen-bond donors (Lipinski definition) is 0. The first kappa shape index (κ1) is 31.6. The highest BCUT2D eigenvalue weighted by atomic mass is 16.3. The zero-order chi connectivity index (χ0) is 38.0. The maximum atomic E-state index is 6.49. The summed E-state index contributed by atoms with van der Waals surface area (Å²) < 4.78 is 13.0. The van der Waals surface area contributed by atoms with Gasteiger partial charge in [-0.25, -0.2) is 0 Å². The summed E-state index contributed by atoms with van der Waals surface area (Å²) in [4.78, 5) is 2.38. The highest BCUT2D eigenvalue weighted by molar-refractivity contribution is 6.10. The molecule has 1 spiro atoms. The molecule has 0 aliphatic heterocycles. The Bertz CT molecular complexity index is 3410. The van der Waals surface area contributed by atoms with Crippen LogP contribution >= 0.6 is 0 Å². The van der Waals surface area contributed by atoms with Crippen LogP contribution in [0, 0.1) is 0 Å². The second kappa shape index (κ2) is 11.7. The molecule has 11 aromatic rings. The second-order valence-electron chi connectivity index (χ2n) is 15.6. The summed E-state index contributed by atoms with van der Waals surface area (Å²) >= 11 is 0. The molecule has 0 saturated carbocycles. The van der Waals surface area contributed by atoms with E-state index in [4.69, 9.17) is 8.83 Å². The maximum absolute atomic E-state index is 6.49. The first-order valence-corrected chi connectivity index (χ1v) is 19.9. The molecule has 2 heterocycles. The fourth-order valence-electron chi connectivity index (χ4n) is 10.3. The van der Waals surface area contributed by atoms with Crippen LogP contribution in [0.1, 0.15) is 22.3 Å². The van der Waals surface area contributed by atoms with E-state index in [0.717, 1.165) is 72.1 Å². The van der Waals surface area contributed by atoms with Crippen LogP contribution in [0.25, 0.3) is 77.3 Å². The normalized spacial score (nSPS) is 13.3. The van der Waals surface area contributed by atoms with Crippen LogP contribution in [0.4, 0.5) is 17.1 Å². The van der Waals surface area contributed by atoms with Gasteiger partial charge in [0.15, 0.2) is 0 Å². The highest BCUT2D eigenvalue weighted by Crippen LogP contribution is 2.63. The minimum absolute atomic E-state index is 0.446. The summed E-state index contributed by atoms with van der Waals surface area (Å²) in [6.45, 7) is 0. The molecule has 0 N–H and O–H groups in total. The Morgan fingerprint density at radius 2 is 0.793 bits per heavy atom. The minimum Gasteiger partial charge on any atom is -0.456 e. The SMILES string of the molecule is c1ccc2c(c1)-c1ccccc1C21c2ccccc2-c2ccc(N(c3ccc(-c4cccc5c4oc4ccccc45)cc3)c3ccc4c(c3)oc3ccccc34)cc21.